The van der Waals surface area contributed by atoms with Crippen molar-refractivity contribution < 1.29 is 14.6 Å². The molecular weight excluding hydrogens is 318 g/mol. The smallest absolute Gasteiger partial charge is 0.254 e. The van der Waals surface area contributed by atoms with Gasteiger partial charge in [0.2, 0.25) is 0 Å². The van der Waals surface area contributed by atoms with Crippen molar-refractivity contribution in [2.24, 2.45) is 5.92 Å². The van der Waals surface area contributed by atoms with E-state index in [-0.39, 0.29) is 24.0 Å². The van der Waals surface area contributed by atoms with Crippen LogP contribution in [0.5, 0.6) is 0 Å². The van der Waals surface area contributed by atoms with Gasteiger partial charge in [-0.2, -0.15) is 5.10 Å². The fourth-order valence-electron chi connectivity index (χ4n) is 3.99. The molecule has 1 aliphatic heterocycles. The van der Waals surface area contributed by atoms with Crippen molar-refractivity contribution in [3.8, 4) is 5.69 Å². The molecule has 0 spiro atoms. The molecule has 1 aromatic heterocycles. The third kappa shape index (κ3) is 3.19. The lowest BCUT2D eigenvalue weighted by atomic mass is 9.93. The van der Waals surface area contributed by atoms with Crippen LogP contribution >= 0.6 is 0 Å². The van der Waals surface area contributed by atoms with Crippen LogP contribution in [0.2, 0.25) is 0 Å². The molecule has 4 rings (SSSR count). The molecule has 1 N–H and O–H groups in total. The lowest BCUT2D eigenvalue weighted by Gasteiger charge is -2.40. The van der Waals surface area contributed by atoms with E-state index >= 15 is 0 Å². The van der Waals surface area contributed by atoms with Gasteiger partial charge >= 0.3 is 0 Å². The van der Waals surface area contributed by atoms with Gasteiger partial charge in [0.1, 0.15) is 0 Å². The molecule has 1 saturated carbocycles. The molecule has 1 aromatic carbocycles. The van der Waals surface area contributed by atoms with Gasteiger partial charge in [-0.25, -0.2) is 4.68 Å². The minimum Gasteiger partial charge on any atom is -0.393 e. The Balaban J connectivity index is 1.54. The zero-order valence-electron chi connectivity index (χ0n) is 14.1. The highest BCUT2D eigenvalue weighted by molar-refractivity contribution is 5.94. The molecule has 6 nitrogen and oxygen atoms in total. The Morgan fingerprint density at radius 3 is 2.76 bits per heavy atom. The number of hydrogen-bond donors (Lipinski definition) is 1. The van der Waals surface area contributed by atoms with Gasteiger partial charge in [-0.05, 0) is 43.2 Å². The van der Waals surface area contributed by atoms with Crippen LogP contribution in [-0.2, 0) is 4.74 Å². The van der Waals surface area contributed by atoms with E-state index in [4.69, 9.17) is 4.74 Å². The van der Waals surface area contributed by atoms with Crippen LogP contribution in [0.25, 0.3) is 5.69 Å². The number of carbonyl (C=O) groups is 1. The second-order valence-corrected chi connectivity index (χ2v) is 6.80. The van der Waals surface area contributed by atoms with Gasteiger partial charge in [0.15, 0.2) is 0 Å². The van der Waals surface area contributed by atoms with Crippen LogP contribution < -0.4 is 0 Å². The number of amides is 1. The highest BCUT2D eigenvalue weighted by Crippen LogP contribution is 2.32. The van der Waals surface area contributed by atoms with E-state index < -0.39 is 0 Å². The lowest BCUT2D eigenvalue weighted by Crippen LogP contribution is -2.53. The number of ether oxygens (including phenoxy) is 1. The van der Waals surface area contributed by atoms with Crippen molar-refractivity contribution in [2.45, 2.75) is 31.4 Å². The highest BCUT2D eigenvalue weighted by atomic mass is 16.5. The van der Waals surface area contributed by atoms with Gasteiger partial charge in [-0.1, -0.05) is 6.42 Å². The monoisotopic (exact) mass is 341 g/mol. The number of aliphatic hydroxyl groups excluding tert-OH is 1. The number of aliphatic hydroxyl groups is 1. The van der Waals surface area contributed by atoms with Crippen molar-refractivity contribution in [1.29, 1.82) is 0 Å². The lowest BCUT2D eigenvalue weighted by molar-refractivity contribution is -0.0383. The first kappa shape index (κ1) is 16.3. The van der Waals surface area contributed by atoms with E-state index in [1.807, 2.05) is 41.4 Å². The fourth-order valence-corrected chi connectivity index (χ4v) is 3.99. The van der Waals surface area contributed by atoms with Gasteiger partial charge in [-0.15, -0.1) is 0 Å². The Morgan fingerprint density at radius 1 is 1.24 bits per heavy atom. The molecule has 1 amide bonds. The number of morpholine rings is 1. The number of nitrogens with zero attached hydrogens (tertiary/aromatic N) is 3. The maximum absolute atomic E-state index is 13.0. The van der Waals surface area contributed by atoms with E-state index in [0.29, 0.717) is 25.3 Å². The van der Waals surface area contributed by atoms with Gasteiger partial charge in [-0.3, -0.25) is 4.79 Å². The van der Waals surface area contributed by atoms with Crippen molar-refractivity contribution in [1.82, 2.24) is 14.7 Å². The maximum Gasteiger partial charge on any atom is 0.254 e. The summed E-state index contributed by atoms with van der Waals surface area (Å²) in [6.07, 6.45) is 6.06. The average molecular weight is 341 g/mol. The summed E-state index contributed by atoms with van der Waals surface area (Å²) < 4.78 is 7.38. The molecule has 2 aromatic rings. The first-order chi connectivity index (χ1) is 12.2. The molecule has 1 aliphatic carbocycles. The van der Waals surface area contributed by atoms with E-state index in [1.165, 1.54) is 0 Å². The minimum absolute atomic E-state index is 0.0133. The van der Waals surface area contributed by atoms with E-state index in [0.717, 1.165) is 24.9 Å². The quantitative estimate of drug-likeness (QED) is 0.925. The van der Waals surface area contributed by atoms with Crippen molar-refractivity contribution in [2.75, 3.05) is 19.8 Å². The number of rotatable bonds is 3. The molecule has 2 heterocycles. The van der Waals surface area contributed by atoms with Gasteiger partial charge < -0.3 is 14.7 Å². The van der Waals surface area contributed by atoms with Crippen LogP contribution in [-0.4, -0.2) is 57.6 Å². The van der Waals surface area contributed by atoms with Crippen molar-refractivity contribution in [3.63, 3.8) is 0 Å². The summed E-state index contributed by atoms with van der Waals surface area (Å²) in [6.45, 7) is 1.64. The van der Waals surface area contributed by atoms with E-state index in [2.05, 4.69) is 5.10 Å². The van der Waals surface area contributed by atoms with Crippen molar-refractivity contribution >= 4 is 5.91 Å². The first-order valence-electron chi connectivity index (χ1n) is 8.91. The molecule has 3 unspecified atom stereocenters. The molecule has 2 aliphatic rings. The van der Waals surface area contributed by atoms with Crippen LogP contribution in [0.4, 0.5) is 0 Å². The molecule has 0 radical (unpaired) electrons. The first-order valence-corrected chi connectivity index (χ1v) is 8.91. The zero-order chi connectivity index (χ0) is 17.2. The number of benzene rings is 1. The number of carbonyl (C=O) groups excluding carboxylic acids is 1. The van der Waals surface area contributed by atoms with Crippen LogP contribution in [0, 0.1) is 5.92 Å². The molecule has 1 saturated heterocycles. The second kappa shape index (κ2) is 6.98. The normalized spacial score (nSPS) is 26.8. The molecule has 6 heteroatoms. The Labute approximate surface area is 147 Å². The SMILES string of the molecule is O=C(c1ccc(-n2cccn2)cc1)N1CCOCC1C1CCCC1O. The topological polar surface area (TPSA) is 67.6 Å². The Bertz CT molecular complexity index is 714. The van der Waals surface area contributed by atoms with Gasteiger partial charge in [0, 0.05) is 30.4 Å². The molecule has 132 valence electrons. The average Bonchev–Trinajstić information content (AvgIpc) is 3.33. The van der Waals surface area contributed by atoms with Crippen LogP contribution in [0.3, 0.4) is 0 Å². The molecule has 25 heavy (non-hydrogen) atoms. The Hall–Kier alpha value is -2.18. The highest BCUT2D eigenvalue weighted by Gasteiger charge is 2.39. The number of hydrogen-bond acceptors (Lipinski definition) is 4. The Morgan fingerprint density at radius 2 is 2.08 bits per heavy atom. The summed E-state index contributed by atoms with van der Waals surface area (Å²) >= 11 is 0. The summed E-state index contributed by atoms with van der Waals surface area (Å²) in [6, 6.07) is 9.32. The van der Waals surface area contributed by atoms with Gasteiger partial charge in [0.05, 0.1) is 31.0 Å². The summed E-state index contributed by atoms with van der Waals surface area (Å²) in [4.78, 5) is 14.9. The van der Waals surface area contributed by atoms with Crippen molar-refractivity contribution in [3.05, 3.63) is 48.3 Å². The minimum atomic E-state index is -0.329. The van der Waals surface area contributed by atoms with Gasteiger partial charge in [0.25, 0.3) is 5.91 Å². The largest absolute Gasteiger partial charge is 0.393 e. The molecule has 3 atom stereocenters. The second-order valence-electron chi connectivity index (χ2n) is 6.80. The predicted octanol–water partition coefficient (Wildman–Crippen LogP) is 1.87. The summed E-state index contributed by atoms with van der Waals surface area (Å²) in [5.41, 5.74) is 1.58. The predicted molar refractivity (Wildman–Crippen MR) is 92.6 cm³/mol. The summed E-state index contributed by atoms with van der Waals surface area (Å²) in [5, 5.41) is 14.5. The molecule has 0 bridgehead atoms. The summed E-state index contributed by atoms with van der Waals surface area (Å²) in [7, 11) is 0. The Kier molecular flexibility index (Phi) is 4.55. The maximum atomic E-state index is 13.0. The van der Waals surface area contributed by atoms with E-state index in [1.54, 1.807) is 10.9 Å². The third-order valence-corrected chi connectivity index (χ3v) is 5.34. The van der Waals surface area contributed by atoms with Crippen LogP contribution in [0.15, 0.2) is 42.7 Å². The summed E-state index contributed by atoms with van der Waals surface area (Å²) in [5.74, 6) is 0.131. The fraction of sp³-hybridized carbons (Fsp3) is 0.474. The van der Waals surface area contributed by atoms with E-state index in [9.17, 15) is 9.90 Å². The molecular formula is C19H23N3O3. The van der Waals surface area contributed by atoms with Crippen LogP contribution in [0.1, 0.15) is 29.6 Å². The standard InChI is InChI=1S/C19H23N3O3/c23-18-4-1-3-16(18)17-13-25-12-11-21(17)19(24)14-5-7-15(8-6-14)22-10-2-9-20-22/h2,5-10,16-18,23H,1,3-4,11-13H2. The number of aromatic nitrogens is 2. The molecule has 2 fully saturated rings. The third-order valence-electron chi connectivity index (χ3n) is 5.34. The zero-order valence-corrected chi connectivity index (χ0v) is 14.1.